The Morgan fingerprint density at radius 1 is 0.604 bits per heavy atom. The van der Waals surface area contributed by atoms with Gasteiger partial charge in [-0.3, -0.25) is 0 Å². The van der Waals surface area contributed by atoms with Gasteiger partial charge >= 0.3 is 12.4 Å². The van der Waals surface area contributed by atoms with Crippen LogP contribution in [-0.4, -0.2) is 0 Å². The first-order chi connectivity index (χ1) is 22.6. The number of allylic oxidation sites excluding steroid dienone is 7. The number of halogens is 6. The summed E-state index contributed by atoms with van der Waals surface area (Å²) in [5.41, 5.74) is -4.10. The summed E-state index contributed by atoms with van der Waals surface area (Å²) >= 11 is 0. The zero-order valence-electron chi connectivity index (χ0n) is 24.6. The molecule has 0 saturated heterocycles. The number of rotatable bonds is 2. The number of aryl methyl sites for hydroxylation is 2. The summed E-state index contributed by atoms with van der Waals surface area (Å²) in [6.07, 6.45) is -10.5. The van der Waals surface area contributed by atoms with E-state index in [0.29, 0.717) is 17.7 Å². The van der Waals surface area contributed by atoms with Gasteiger partial charge in [-0.1, -0.05) is 35.4 Å². The van der Waals surface area contributed by atoms with Gasteiger partial charge in [0.25, 0.3) is 11.4 Å². The lowest BCUT2D eigenvalue weighted by molar-refractivity contribution is -0.143. The zero-order valence-corrected chi connectivity index (χ0v) is 24.6. The molecule has 2 aliphatic carbocycles. The molecule has 0 atom stereocenters. The Labute approximate surface area is 269 Å². The van der Waals surface area contributed by atoms with Crippen LogP contribution in [-0.2, 0) is 12.4 Å². The normalized spacial score (nSPS) is 15.7. The molecular formula is C36H14F6N6. The lowest BCUT2D eigenvalue weighted by Crippen LogP contribution is -2.11. The minimum Gasteiger partial charge on any atom is -0.237 e. The molecule has 230 valence electrons. The minimum absolute atomic E-state index is 0.0235. The van der Waals surface area contributed by atoms with E-state index in [0.717, 1.165) is 11.1 Å². The van der Waals surface area contributed by atoms with Gasteiger partial charge in [0, 0.05) is 5.57 Å². The molecule has 3 aromatic carbocycles. The highest BCUT2D eigenvalue weighted by molar-refractivity contribution is 6.29. The number of benzene rings is 3. The predicted octanol–water partition coefficient (Wildman–Crippen LogP) is 9.90. The second-order valence-corrected chi connectivity index (χ2v) is 10.7. The van der Waals surface area contributed by atoms with E-state index < -0.39 is 57.2 Å². The van der Waals surface area contributed by atoms with Crippen molar-refractivity contribution >= 4 is 33.6 Å². The molecule has 0 unspecified atom stereocenters. The van der Waals surface area contributed by atoms with E-state index in [1.807, 2.05) is 32.1 Å². The maximum atomic E-state index is 13.9. The molecular weight excluding hydrogens is 630 g/mol. The molecule has 0 saturated carbocycles. The van der Waals surface area contributed by atoms with Gasteiger partial charge in [0.05, 0.1) is 48.6 Å². The van der Waals surface area contributed by atoms with Crippen LogP contribution >= 0.6 is 0 Å². The second kappa shape index (κ2) is 11.5. The van der Waals surface area contributed by atoms with Gasteiger partial charge in [0.2, 0.25) is 5.70 Å². The fraction of sp³-hybridized carbons (Fsp3) is 0.111. The first kappa shape index (κ1) is 32.5. The molecule has 0 radical (unpaired) electrons. The largest absolute Gasteiger partial charge is 0.416 e. The van der Waals surface area contributed by atoms with Crippen LogP contribution in [0.5, 0.6) is 0 Å². The second-order valence-electron chi connectivity index (χ2n) is 10.7. The molecule has 0 amide bonds. The quantitative estimate of drug-likeness (QED) is 0.158. The Hall–Kier alpha value is -6.86. The number of alkyl halides is 6. The number of hydrogen-bond donors (Lipinski definition) is 0. The van der Waals surface area contributed by atoms with Crippen molar-refractivity contribution in [2.45, 2.75) is 26.2 Å². The molecule has 3 aromatic rings. The SMILES string of the molecule is [C-]#[N+]C1=C(c2cc(C)cc(C)c2)/C(=C(/C#N)[N+]#[C-])c2cc3c(cc21)C(C#N)=C(c1cc(C(F)(F)F)cc(C(F)(F)F)c1)/C3=C(\C#N)[N+]#[C-]. The van der Waals surface area contributed by atoms with Crippen LogP contribution in [0.15, 0.2) is 59.9 Å². The standard InChI is InChI=1S/C36H14F6N6/c1-17-6-18(2)8-19(7-17)31-33(29(16-45)47-4)25-13-24-23(12-26(25)34(31)48-5)27(14-43)30(32(24)28(15-44)46-3)20-9-21(35(37,38)39)11-22(10-20)36(40,41)42/h6-13H,1-2H3/b32-28+,33-29-. The van der Waals surface area contributed by atoms with Gasteiger partial charge in [0.1, 0.15) is 6.07 Å². The Morgan fingerprint density at radius 2 is 1.06 bits per heavy atom. The van der Waals surface area contributed by atoms with Crippen LogP contribution in [0.25, 0.3) is 48.1 Å². The maximum Gasteiger partial charge on any atom is 0.416 e. The van der Waals surface area contributed by atoms with Crippen molar-refractivity contribution in [1.82, 2.24) is 0 Å². The van der Waals surface area contributed by atoms with Crippen molar-refractivity contribution in [2.75, 3.05) is 0 Å². The molecule has 48 heavy (non-hydrogen) atoms. The van der Waals surface area contributed by atoms with Gasteiger partial charge in [-0.2, -0.15) is 31.6 Å². The van der Waals surface area contributed by atoms with E-state index in [1.54, 1.807) is 18.2 Å². The van der Waals surface area contributed by atoms with Crippen molar-refractivity contribution in [3.63, 3.8) is 0 Å². The molecule has 0 bridgehead atoms. The van der Waals surface area contributed by atoms with Gasteiger partial charge in [0.15, 0.2) is 0 Å². The Bertz CT molecular complexity index is 2310. The Kier molecular flexibility index (Phi) is 7.79. The summed E-state index contributed by atoms with van der Waals surface area (Å²) in [5.74, 6) is 0. The smallest absolute Gasteiger partial charge is 0.237 e. The molecule has 0 aliphatic heterocycles. The lowest BCUT2D eigenvalue weighted by Gasteiger charge is -2.16. The first-order valence-corrected chi connectivity index (χ1v) is 13.5. The molecule has 0 spiro atoms. The van der Waals surface area contributed by atoms with Crippen LogP contribution in [0.4, 0.5) is 26.3 Å². The summed E-state index contributed by atoms with van der Waals surface area (Å²) in [6, 6.07) is 14.0. The highest BCUT2D eigenvalue weighted by atomic mass is 19.4. The van der Waals surface area contributed by atoms with E-state index in [2.05, 4.69) is 14.5 Å². The van der Waals surface area contributed by atoms with E-state index in [9.17, 15) is 42.1 Å². The summed E-state index contributed by atoms with van der Waals surface area (Å²) < 4.78 is 83.1. The van der Waals surface area contributed by atoms with E-state index >= 15 is 0 Å². The number of nitriles is 3. The summed E-state index contributed by atoms with van der Waals surface area (Å²) in [4.78, 5) is 10.2. The van der Waals surface area contributed by atoms with Gasteiger partial charge < -0.3 is 0 Å². The van der Waals surface area contributed by atoms with Crippen molar-refractivity contribution in [2.24, 2.45) is 0 Å². The Morgan fingerprint density at radius 3 is 1.50 bits per heavy atom. The van der Waals surface area contributed by atoms with Crippen LogP contribution in [0.3, 0.4) is 0 Å². The maximum absolute atomic E-state index is 13.9. The van der Waals surface area contributed by atoms with Crippen LogP contribution in [0, 0.1) is 67.6 Å². The first-order valence-electron chi connectivity index (χ1n) is 13.5. The molecule has 5 rings (SSSR count). The zero-order chi connectivity index (χ0) is 35.3. The Balaban J connectivity index is 1.96. The molecule has 0 fully saturated rings. The summed E-state index contributed by atoms with van der Waals surface area (Å²) in [6.45, 7) is 27.0. The molecule has 0 aromatic heterocycles. The fourth-order valence-electron chi connectivity index (χ4n) is 5.98. The van der Waals surface area contributed by atoms with Gasteiger partial charge in [-0.25, -0.2) is 25.1 Å². The highest BCUT2D eigenvalue weighted by Gasteiger charge is 2.40. The molecule has 6 nitrogen and oxygen atoms in total. The number of fused-ring (bicyclic) bond motifs is 2. The lowest BCUT2D eigenvalue weighted by atomic mass is 9.90. The number of nitrogens with zero attached hydrogens (tertiary/aromatic N) is 6. The fourth-order valence-corrected chi connectivity index (χ4v) is 5.98. The molecule has 12 heteroatoms. The summed E-state index contributed by atoms with van der Waals surface area (Å²) in [7, 11) is 0. The van der Waals surface area contributed by atoms with Crippen molar-refractivity contribution in [3.8, 4) is 18.2 Å². The van der Waals surface area contributed by atoms with Crippen molar-refractivity contribution < 1.29 is 26.3 Å². The minimum atomic E-state index is -5.23. The third-order valence-corrected chi connectivity index (χ3v) is 7.73. The highest BCUT2D eigenvalue weighted by Crippen LogP contribution is 2.55. The van der Waals surface area contributed by atoms with E-state index in [1.165, 1.54) is 12.1 Å². The van der Waals surface area contributed by atoms with E-state index in [4.69, 9.17) is 19.7 Å². The van der Waals surface area contributed by atoms with Crippen molar-refractivity contribution in [3.05, 3.63) is 150 Å². The van der Waals surface area contributed by atoms with Crippen molar-refractivity contribution in [1.29, 1.82) is 15.8 Å². The number of hydrogen-bond acceptors (Lipinski definition) is 3. The van der Waals surface area contributed by atoms with Crippen LogP contribution < -0.4 is 0 Å². The summed E-state index contributed by atoms with van der Waals surface area (Å²) in [5, 5.41) is 30.2. The van der Waals surface area contributed by atoms with Gasteiger partial charge in [-0.15, -0.1) is 0 Å². The monoisotopic (exact) mass is 644 g/mol. The van der Waals surface area contributed by atoms with Crippen LogP contribution in [0.1, 0.15) is 55.6 Å². The average molecular weight is 645 g/mol. The third-order valence-electron chi connectivity index (χ3n) is 7.73. The average Bonchev–Trinajstić information content (AvgIpc) is 3.51. The molecule has 0 heterocycles. The van der Waals surface area contributed by atoms with E-state index in [-0.39, 0.29) is 45.2 Å². The molecule has 0 N–H and O–H groups in total. The molecule has 2 aliphatic rings. The topological polar surface area (TPSA) is 84.5 Å². The van der Waals surface area contributed by atoms with Gasteiger partial charge in [-0.05, 0) is 88.2 Å². The van der Waals surface area contributed by atoms with Crippen LogP contribution in [0.2, 0.25) is 0 Å². The predicted molar refractivity (Wildman–Crippen MR) is 163 cm³/mol. The third kappa shape index (κ3) is 5.15.